The summed E-state index contributed by atoms with van der Waals surface area (Å²) in [7, 11) is -3.55. The van der Waals surface area contributed by atoms with Crippen LogP contribution in [0.3, 0.4) is 0 Å². The molecule has 0 saturated heterocycles. The first-order valence-corrected chi connectivity index (χ1v) is 10.3. The molecule has 0 atom stereocenters. The van der Waals surface area contributed by atoms with Gasteiger partial charge in [0.25, 0.3) is 5.91 Å². The summed E-state index contributed by atoms with van der Waals surface area (Å²) in [5, 5.41) is 2.71. The Kier molecular flexibility index (Phi) is 6.05. The van der Waals surface area contributed by atoms with Crippen molar-refractivity contribution in [2.24, 2.45) is 0 Å². The van der Waals surface area contributed by atoms with Gasteiger partial charge in [-0.05, 0) is 49.2 Å². The van der Waals surface area contributed by atoms with Crippen LogP contribution in [0.4, 0.5) is 5.69 Å². The van der Waals surface area contributed by atoms with Gasteiger partial charge in [-0.25, -0.2) is 13.1 Å². The van der Waals surface area contributed by atoms with E-state index in [1.54, 1.807) is 31.2 Å². The lowest BCUT2D eigenvalue weighted by atomic mass is 10.2. The number of fused-ring (bicyclic) bond motifs is 1. The minimum atomic E-state index is -3.55. The second kappa shape index (κ2) is 8.49. The normalized spacial score (nSPS) is 12.6. The molecule has 0 spiro atoms. The van der Waals surface area contributed by atoms with E-state index in [2.05, 4.69) is 10.0 Å². The van der Waals surface area contributed by atoms with E-state index in [0.29, 0.717) is 41.5 Å². The van der Waals surface area contributed by atoms with Gasteiger partial charge in [0, 0.05) is 18.3 Å². The number of hydrogen-bond donors (Lipinski definition) is 2. The van der Waals surface area contributed by atoms with Gasteiger partial charge in [0.15, 0.2) is 18.1 Å². The number of nitrogens with one attached hydrogen (secondary N) is 2. The molecular weight excluding hydrogens is 384 g/mol. The number of rotatable bonds is 8. The molecule has 28 heavy (non-hydrogen) atoms. The zero-order valence-corrected chi connectivity index (χ0v) is 16.5. The molecule has 0 radical (unpaired) electrons. The van der Waals surface area contributed by atoms with Crippen molar-refractivity contribution < 1.29 is 27.4 Å². The summed E-state index contributed by atoms with van der Waals surface area (Å²) >= 11 is 0. The third-order valence-electron chi connectivity index (χ3n) is 4.01. The molecule has 0 unspecified atom stereocenters. The van der Waals surface area contributed by atoms with E-state index in [9.17, 15) is 13.2 Å². The molecule has 150 valence electrons. The van der Waals surface area contributed by atoms with Crippen molar-refractivity contribution in [3.05, 3.63) is 42.0 Å². The molecule has 0 saturated carbocycles. The molecule has 2 N–H and O–H groups in total. The average Bonchev–Trinajstić information content (AvgIpc) is 3.13. The van der Waals surface area contributed by atoms with Crippen LogP contribution in [0.2, 0.25) is 0 Å². The largest absolute Gasteiger partial charge is 0.483 e. The standard InChI is InChI=1S/C19H22N2O6S/c1-3-8-20-28(23,24)15-5-7-16(13(2)9-15)25-11-19(22)21-14-4-6-17-18(10-14)27-12-26-17/h4-7,9-10,20H,3,8,11-12H2,1-2H3,(H,21,22). The van der Waals surface area contributed by atoms with Gasteiger partial charge in [0.2, 0.25) is 16.8 Å². The quantitative estimate of drug-likeness (QED) is 0.698. The molecule has 0 bridgehead atoms. The average molecular weight is 406 g/mol. The highest BCUT2D eigenvalue weighted by Gasteiger charge is 2.16. The van der Waals surface area contributed by atoms with Gasteiger partial charge < -0.3 is 19.5 Å². The van der Waals surface area contributed by atoms with Gasteiger partial charge in [-0.15, -0.1) is 0 Å². The Bertz CT molecular complexity index is 974. The zero-order chi connectivity index (χ0) is 20.1. The van der Waals surface area contributed by atoms with Crippen LogP contribution in [0, 0.1) is 6.92 Å². The van der Waals surface area contributed by atoms with Crippen LogP contribution in [0.25, 0.3) is 0 Å². The van der Waals surface area contributed by atoms with E-state index in [0.717, 1.165) is 0 Å². The lowest BCUT2D eigenvalue weighted by molar-refractivity contribution is -0.118. The number of carbonyl (C=O) groups excluding carboxylic acids is 1. The van der Waals surface area contributed by atoms with Gasteiger partial charge >= 0.3 is 0 Å². The fraction of sp³-hybridized carbons (Fsp3) is 0.316. The summed E-state index contributed by atoms with van der Waals surface area (Å²) in [6.45, 7) is 3.94. The molecule has 9 heteroatoms. The fourth-order valence-electron chi connectivity index (χ4n) is 2.59. The summed E-state index contributed by atoms with van der Waals surface area (Å²) < 4.78 is 42.9. The summed E-state index contributed by atoms with van der Waals surface area (Å²) in [5.74, 6) is 1.30. The molecule has 1 aliphatic heterocycles. The van der Waals surface area contributed by atoms with E-state index in [1.807, 2.05) is 6.92 Å². The number of benzene rings is 2. The van der Waals surface area contributed by atoms with Crippen molar-refractivity contribution in [1.82, 2.24) is 4.72 Å². The maximum atomic E-state index is 12.2. The Labute approximate surface area is 163 Å². The maximum Gasteiger partial charge on any atom is 0.262 e. The Morgan fingerprint density at radius 2 is 1.93 bits per heavy atom. The SMILES string of the molecule is CCCNS(=O)(=O)c1ccc(OCC(=O)Nc2ccc3c(c2)OCO3)c(C)c1. The van der Waals surface area contributed by atoms with Gasteiger partial charge in [-0.1, -0.05) is 6.92 Å². The van der Waals surface area contributed by atoms with Gasteiger partial charge in [0.1, 0.15) is 5.75 Å². The first-order valence-electron chi connectivity index (χ1n) is 8.81. The third kappa shape index (κ3) is 4.73. The van der Waals surface area contributed by atoms with Crippen LogP contribution in [0.15, 0.2) is 41.3 Å². The van der Waals surface area contributed by atoms with Crippen molar-refractivity contribution in [1.29, 1.82) is 0 Å². The topological polar surface area (TPSA) is 103 Å². The monoisotopic (exact) mass is 406 g/mol. The lowest BCUT2D eigenvalue weighted by Crippen LogP contribution is -2.24. The van der Waals surface area contributed by atoms with Gasteiger partial charge in [-0.2, -0.15) is 0 Å². The van der Waals surface area contributed by atoms with Crippen LogP contribution in [-0.4, -0.2) is 34.3 Å². The predicted molar refractivity (Wildman–Crippen MR) is 103 cm³/mol. The third-order valence-corrected chi connectivity index (χ3v) is 5.47. The number of anilines is 1. The molecule has 8 nitrogen and oxygen atoms in total. The molecule has 1 heterocycles. The Morgan fingerprint density at radius 3 is 2.68 bits per heavy atom. The number of amides is 1. The minimum absolute atomic E-state index is 0.162. The van der Waals surface area contributed by atoms with Gasteiger partial charge in [0.05, 0.1) is 4.90 Å². The second-order valence-electron chi connectivity index (χ2n) is 6.23. The number of aryl methyl sites for hydroxylation is 1. The second-order valence-corrected chi connectivity index (χ2v) is 8.00. The van der Waals surface area contributed by atoms with Crippen LogP contribution in [0.1, 0.15) is 18.9 Å². The number of ether oxygens (including phenoxy) is 3. The summed E-state index contributed by atoms with van der Waals surface area (Å²) in [6, 6.07) is 9.62. The molecular formula is C19H22N2O6S. The van der Waals surface area contributed by atoms with Crippen LogP contribution in [0.5, 0.6) is 17.2 Å². The van der Waals surface area contributed by atoms with E-state index >= 15 is 0 Å². The van der Waals surface area contributed by atoms with Crippen molar-refractivity contribution in [3.63, 3.8) is 0 Å². The first kappa shape index (κ1) is 20.0. The van der Waals surface area contributed by atoms with Crippen molar-refractivity contribution in [3.8, 4) is 17.2 Å². The number of hydrogen-bond acceptors (Lipinski definition) is 6. The fourth-order valence-corrected chi connectivity index (χ4v) is 3.80. The van der Waals surface area contributed by atoms with Crippen molar-refractivity contribution in [2.75, 3.05) is 25.3 Å². The molecule has 2 aromatic carbocycles. The highest BCUT2D eigenvalue weighted by Crippen LogP contribution is 2.34. The van der Waals surface area contributed by atoms with Crippen LogP contribution in [-0.2, 0) is 14.8 Å². The van der Waals surface area contributed by atoms with Crippen molar-refractivity contribution in [2.45, 2.75) is 25.2 Å². The maximum absolute atomic E-state index is 12.2. The highest BCUT2D eigenvalue weighted by molar-refractivity contribution is 7.89. The zero-order valence-electron chi connectivity index (χ0n) is 15.7. The molecule has 0 aliphatic carbocycles. The molecule has 2 aromatic rings. The molecule has 3 rings (SSSR count). The molecule has 0 fully saturated rings. The Hall–Kier alpha value is -2.78. The van der Waals surface area contributed by atoms with E-state index in [-0.39, 0.29) is 24.2 Å². The smallest absolute Gasteiger partial charge is 0.262 e. The number of carbonyl (C=O) groups is 1. The van der Waals surface area contributed by atoms with E-state index in [1.165, 1.54) is 12.1 Å². The Morgan fingerprint density at radius 1 is 1.14 bits per heavy atom. The highest BCUT2D eigenvalue weighted by atomic mass is 32.2. The van der Waals surface area contributed by atoms with Crippen LogP contribution >= 0.6 is 0 Å². The van der Waals surface area contributed by atoms with E-state index < -0.39 is 10.0 Å². The number of sulfonamides is 1. The first-order chi connectivity index (χ1) is 13.4. The summed E-state index contributed by atoms with van der Waals surface area (Å²) in [6.07, 6.45) is 0.706. The lowest BCUT2D eigenvalue weighted by Gasteiger charge is -2.12. The predicted octanol–water partition coefficient (Wildman–Crippen LogP) is 2.43. The molecule has 0 aromatic heterocycles. The summed E-state index contributed by atoms with van der Waals surface area (Å²) in [4.78, 5) is 12.3. The molecule has 1 aliphatic rings. The summed E-state index contributed by atoms with van der Waals surface area (Å²) in [5.41, 5.74) is 1.19. The van der Waals surface area contributed by atoms with Crippen molar-refractivity contribution >= 4 is 21.6 Å². The van der Waals surface area contributed by atoms with Gasteiger partial charge in [-0.3, -0.25) is 4.79 Å². The van der Waals surface area contributed by atoms with E-state index in [4.69, 9.17) is 14.2 Å². The van der Waals surface area contributed by atoms with Crippen LogP contribution < -0.4 is 24.2 Å². The Balaban J connectivity index is 1.59. The molecule has 1 amide bonds. The minimum Gasteiger partial charge on any atom is -0.483 e.